The third-order valence-corrected chi connectivity index (χ3v) is 3.55. The molecule has 5 nitrogen and oxygen atoms in total. The minimum atomic E-state index is -0.973. The fourth-order valence-electron chi connectivity index (χ4n) is 1.65. The zero-order valence-corrected chi connectivity index (χ0v) is 14.2. The van der Waals surface area contributed by atoms with Crippen LogP contribution in [0, 0.1) is 5.41 Å². The lowest BCUT2D eigenvalue weighted by atomic mass is 9.95. The van der Waals surface area contributed by atoms with Crippen molar-refractivity contribution in [3.63, 3.8) is 0 Å². The number of carbonyl (C=O) groups is 1. The molecule has 6 heteroatoms. The molecule has 0 amide bonds. The summed E-state index contributed by atoms with van der Waals surface area (Å²) in [6.45, 7) is 6.21. The molecule has 3 N–H and O–H groups in total. The second-order valence-corrected chi connectivity index (χ2v) is 6.21. The molecule has 0 aliphatic carbocycles. The van der Waals surface area contributed by atoms with Gasteiger partial charge in [-0.3, -0.25) is 4.79 Å². The Morgan fingerprint density at radius 2 is 2.05 bits per heavy atom. The number of carboxylic acid groups (broad SMARTS) is 1. The number of halogens is 1. The van der Waals surface area contributed by atoms with Crippen LogP contribution in [0.3, 0.4) is 0 Å². The predicted molar refractivity (Wildman–Crippen MR) is 85.0 cm³/mol. The van der Waals surface area contributed by atoms with Crippen LogP contribution < -0.4 is 15.2 Å². The van der Waals surface area contributed by atoms with Gasteiger partial charge in [0.05, 0.1) is 16.5 Å². The van der Waals surface area contributed by atoms with Gasteiger partial charge < -0.3 is 20.3 Å². The van der Waals surface area contributed by atoms with Crippen molar-refractivity contribution in [2.45, 2.75) is 27.2 Å². The Bertz CT molecular complexity index is 503. The Morgan fingerprint density at radius 3 is 2.57 bits per heavy atom. The van der Waals surface area contributed by atoms with Crippen LogP contribution in [0.4, 0.5) is 0 Å². The fraction of sp³-hybridized carbons (Fsp3) is 0.533. The first-order valence-electron chi connectivity index (χ1n) is 6.83. The molecule has 118 valence electrons. The Balaban J connectivity index is 3.02. The van der Waals surface area contributed by atoms with Crippen molar-refractivity contribution in [3.05, 3.63) is 22.2 Å². The molecular weight excluding hydrogens is 338 g/mol. The van der Waals surface area contributed by atoms with Gasteiger partial charge in [0.2, 0.25) is 0 Å². The largest absolute Gasteiger partial charge is 0.490 e. The Hall–Kier alpha value is -1.27. The van der Waals surface area contributed by atoms with Crippen LogP contribution in [0.1, 0.15) is 26.3 Å². The van der Waals surface area contributed by atoms with E-state index in [1.807, 2.05) is 19.1 Å². The molecular formula is C15H22BrNO4. The highest BCUT2D eigenvalue weighted by Gasteiger charge is 2.29. The first kappa shape index (κ1) is 17.8. The Labute approximate surface area is 133 Å². The molecule has 0 saturated heterocycles. The summed E-state index contributed by atoms with van der Waals surface area (Å²) < 4.78 is 12.0. The van der Waals surface area contributed by atoms with E-state index in [9.17, 15) is 4.79 Å². The van der Waals surface area contributed by atoms with E-state index >= 15 is 0 Å². The maximum Gasteiger partial charge on any atom is 0.312 e. The van der Waals surface area contributed by atoms with Gasteiger partial charge in [-0.25, -0.2) is 0 Å². The molecule has 0 saturated carbocycles. The van der Waals surface area contributed by atoms with E-state index in [2.05, 4.69) is 15.9 Å². The molecule has 1 aromatic carbocycles. The second kappa shape index (κ2) is 7.66. The van der Waals surface area contributed by atoms with E-state index in [0.29, 0.717) is 24.7 Å². The number of ether oxygens (including phenoxy) is 2. The van der Waals surface area contributed by atoms with E-state index in [1.54, 1.807) is 13.8 Å². The summed E-state index contributed by atoms with van der Waals surface area (Å²) in [7, 11) is 0. The van der Waals surface area contributed by atoms with E-state index < -0.39 is 11.4 Å². The third kappa shape index (κ3) is 4.89. The lowest BCUT2D eigenvalue weighted by Crippen LogP contribution is -2.30. The summed E-state index contributed by atoms with van der Waals surface area (Å²) in [5.74, 6) is 0.208. The zero-order valence-electron chi connectivity index (χ0n) is 12.6. The van der Waals surface area contributed by atoms with Crippen LogP contribution in [0.15, 0.2) is 16.6 Å². The zero-order chi connectivity index (χ0) is 16.0. The maximum atomic E-state index is 11.1. The van der Waals surface area contributed by atoms with Crippen molar-refractivity contribution in [3.8, 4) is 11.5 Å². The molecule has 21 heavy (non-hydrogen) atoms. The van der Waals surface area contributed by atoms with Gasteiger partial charge in [0.1, 0.15) is 6.61 Å². The van der Waals surface area contributed by atoms with Gasteiger partial charge in [0.25, 0.3) is 0 Å². The quantitative estimate of drug-likeness (QED) is 0.745. The molecule has 0 atom stereocenters. The van der Waals surface area contributed by atoms with Crippen LogP contribution in [-0.2, 0) is 11.2 Å². The molecule has 0 bridgehead atoms. The topological polar surface area (TPSA) is 81.8 Å². The summed E-state index contributed by atoms with van der Waals surface area (Å²) in [5.41, 5.74) is 5.64. The van der Waals surface area contributed by atoms with E-state index in [0.717, 1.165) is 16.5 Å². The predicted octanol–water partition coefficient (Wildman–Crippen LogP) is 2.84. The van der Waals surface area contributed by atoms with Gasteiger partial charge in [0, 0.05) is 0 Å². The lowest BCUT2D eigenvalue weighted by Gasteiger charge is -2.22. The summed E-state index contributed by atoms with van der Waals surface area (Å²) in [6.07, 6.45) is 0.736. The van der Waals surface area contributed by atoms with Gasteiger partial charge in [-0.15, -0.1) is 0 Å². The monoisotopic (exact) mass is 359 g/mol. The highest BCUT2D eigenvalue weighted by Crippen LogP contribution is 2.38. The summed E-state index contributed by atoms with van der Waals surface area (Å²) >= 11 is 3.45. The number of rotatable bonds is 8. The minimum Gasteiger partial charge on any atom is -0.490 e. The third-order valence-electron chi connectivity index (χ3n) is 2.96. The number of aliphatic carboxylic acids is 1. The van der Waals surface area contributed by atoms with Gasteiger partial charge in [-0.05, 0) is 67.4 Å². The van der Waals surface area contributed by atoms with Crippen LogP contribution in [0.5, 0.6) is 11.5 Å². The van der Waals surface area contributed by atoms with Gasteiger partial charge in [0.15, 0.2) is 11.5 Å². The highest BCUT2D eigenvalue weighted by atomic mass is 79.9. The fourth-order valence-corrected chi connectivity index (χ4v) is 2.25. The number of carboxylic acids is 1. The summed E-state index contributed by atoms with van der Waals surface area (Å²) in [4.78, 5) is 11.1. The van der Waals surface area contributed by atoms with Crippen LogP contribution in [-0.4, -0.2) is 30.8 Å². The summed E-state index contributed by atoms with van der Waals surface area (Å²) in [6, 6.07) is 3.79. The average molecular weight is 360 g/mol. The van der Waals surface area contributed by atoms with E-state index in [-0.39, 0.29) is 6.61 Å². The van der Waals surface area contributed by atoms with Gasteiger partial charge in [-0.2, -0.15) is 0 Å². The normalized spacial score (nSPS) is 11.3. The number of hydrogen-bond donors (Lipinski definition) is 2. The smallest absolute Gasteiger partial charge is 0.312 e. The van der Waals surface area contributed by atoms with Crippen LogP contribution in [0.2, 0.25) is 0 Å². The average Bonchev–Trinajstić information content (AvgIpc) is 2.38. The highest BCUT2D eigenvalue weighted by molar-refractivity contribution is 9.10. The molecule has 0 heterocycles. The van der Waals surface area contributed by atoms with Crippen LogP contribution in [0.25, 0.3) is 0 Å². The lowest BCUT2D eigenvalue weighted by molar-refractivity contribution is -0.148. The van der Waals surface area contributed by atoms with Crippen molar-refractivity contribution in [2.24, 2.45) is 11.1 Å². The van der Waals surface area contributed by atoms with E-state index in [4.69, 9.17) is 20.3 Å². The molecule has 0 aliphatic heterocycles. The summed E-state index contributed by atoms with van der Waals surface area (Å²) in [5, 5.41) is 9.14. The van der Waals surface area contributed by atoms with Crippen molar-refractivity contribution >= 4 is 21.9 Å². The number of hydrogen-bond acceptors (Lipinski definition) is 4. The minimum absolute atomic E-state index is 0.0528. The molecule has 0 aromatic heterocycles. The van der Waals surface area contributed by atoms with E-state index in [1.165, 1.54) is 0 Å². The number of nitrogens with two attached hydrogens (primary N) is 1. The second-order valence-electron chi connectivity index (χ2n) is 5.35. The van der Waals surface area contributed by atoms with Gasteiger partial charge >= 0.3 is 5.97 Å². The van der Waals surface area contributed by atoms with Gasteiger partial charge in [-0.1, -0.05) is 0 Å². The van der Waals surface area contributed by atoms with Crippen molar-refractivity contribution in [1.29, 1.82) is 0 Å². The standard InChI is InChI=1S/C15H22BrNO4/c1-4-20-12-8-10(5-6-17)7-11(16)13(12)21-9-15(2,3)14(18)19/h7-8H,4-6,9,17H2,1-3H3,(H,18,19). The van der Waals surface area contributed by atoms with Crippen molar-refractivity contribution in [2.75, 3.05) is 19.8 Å². The molecule has 0 spiro atoms. The molecule has 0 fully saturated rings. The molecule has 1 rings (SSSR count). The molecule has 1 aromatic rings. The van der Waals surface area contributed by atoms with Crippen molar-refractivity contribution in [1.82, 2.24) is 0 Å². The van der Waals surface area contributed by atoms with Crippen LogP contribution >= 0.6 is 15.9 Å². The SMILES string of the molecule is CCOc1cc(CCN)cc(Br)c1OCC(C)(C)C(=O)O. The molecule has 0 aliphatic rings. The number of benzene rings is 1. The van der Waals surface area contributed by atoms with Crippen molar-refractivity contribution < 1.29 is 19.4 Å². The Kier molecular flexibility index (Phi) is 6.48. The first-order valence-corrected chi connectivity index (χ1v) is 7.62. The maximum absolute atomic E-state index is 11.1. The first-order chi connectivity index (χ1) is 9.81. The molecule has 0 unspecified atom stereocenters. The molecule has 0 radical (unpaired) electrons. The Morgan fingerprint density at radius 1 is 1.38 bits per heavy atom.